The molecule has 0 saturated heterocycles. The van der Waals surface area contributed by atoms with Gasteiger partial charge in [0.2, 0.25) is 0 Å². The maximum atomic E-state index is 9.44. The van der Waals surface area contributed by atoms with E-state index in [1.54, 1.807) is 0 Å². The Morgan fingerprint density at radius 3 is 2.95 bits per heavy atom. The standard InChI is InChI=1S/C18H20O3/c1-13-6-7-17(15(10-13)11-19)21-12-14-8-9-20-18-5-3-2-4-16(14)18/h2-7,10,14,19H,8-9,11-12H2,1H3. The van der Waals surface area contributed by atoms with Gasteiger partial charge < -0.3 is 14.6 Å². The van der Waals surface area contributed by atoms with Crippen molar-refractivity contribution >= 4 is 0 Å². The molecule has 0 amide bonds. The molecule has 1 aliphatic rings. The predicted octanol–water partition coefficient (Wildman–Crippen LogP) is 3.43. The Labute approximate surface area is 125 Å². The number of para-hydroxylation sites is 1. The van der Waals surface area contributed by atoms with E-state index in [0.29, 0.717) is 12.5 Å². The molecule has 0 spiro atoms. The predicted molar refractivity (Wildman–Crippen MR) is 81.9 cm³/mol. The summed E-state index contributed by atoms with van der Waals surface area (Å²) in [6.07, 6.45) is 0.956. The van der Waals surface area contributed by atoms with Crippen LogP contribution in [-0.2, 0) is 6.61 Å². The summed E-state index contributed by atoms with van der Waals surface area (Å²) in [5, 5.41) is 9.44. The van der Waals surface area contributed by atoms with Gasteiger partial charge in [-0.3, -0.25) is 0 Å². The Morgan fingerprint density at radius 1 is 1.24 bits per heavy atom. The number of benzene rings is 2. The van der Waals surface area contributed by atoms with Crippen LogP contribution in [0.3, 0.4) is 0 Å². The molecule has 2 aromatic rings. The number of aliphatic hydroxyl groups excluding tert-OH is 1. The summed E-state index contributed by atoms with van der Waals surface area (Å²) in [6, 6.07) is 14.0. The second-order valence-electron chi connectivity index (χ2n) is 5.45. The lowest BCUT2D eigenvalue weighted by molar-refractivity contribution is 0.211. The average molecular weight is 284 g/mol. The van der Waals surface area contributed by atoms with E-state index in [9.17, 15) is 5.11 Å². The van der Waals surface area contributed by atoms with Crippen LogP contribution in [0.5, 0.6) is 11.5 Å². The maximum absolute atomic E-state index is 9.44. The van der Waals surface area contributed by atoms with Crippen LogP contribution in [-0.4, -0.2) is 18.3 Å². The largest absolute Gasteiger partial charge is 0.493 e. The Morgan fingerprint density at radius 2 is 2.10 bits per heavy atom. The summed E-state index contributed by atoms with van der Waals surface area (Å²) < 4.78 is 11.6. The van der Waals surface area contributed by atoms with Crippen molar-refractivity contribution in [2.45, 2.75) is 25.9 Å². The molecule has 3 rings (SSSR count). The average Bonchev–Trinajstić information content (AvgIpc) is 2.53. The fourth-order valence-corrected chi connectivity index (χ4v) is 2.75. The zero-order chi connectivity index (χ0) is 14.7. The van der Waals surface area contributed by atoms with Crippen LogP contribution >= 0.6 is 0 Å². The number of aliphatic hydroxyl groups is 1. The van der Waals surface area contributed by atoms with E-state index in [4.69, 9.17) is 9.47 Å². The number of ether oxygens (including phenoxy) is 2. The van der Waals surface area contributed by atoms with Gasteiger partial charge in [-0.25, -0.2) is 0 Å². The lowest BCUT2D eigenvalue weighted by atomic mass is 9.94. The third-order valence-electron chi connectivity index (χ3n) is 3.91. The van der Waals surface area contributed by atoms with Crippen molar-refractivity contribution in [1.82, 2.24) is 0 Å². The molecule has 110 valence electrons. The van der Waals surface area contributed by atoms with Crippen molar-refractivity contribution in [2.24, 2.45) is 0 Å². The summed E-state index contributed by atoms with van der Waals surface area (Å²) in [7, 11) is 0. The van der Waals surface area contributed by atoms with Crippen molar-refractivity contribution in [3.63, 3.8) is 0 Å². The van der Waals surface area contributed by atoms with E-state index < -0.39 is 0 Å². The minimum absolute atomic E-state index is 0.00137. The van der Waals surface area contributed by atoms with Crippen molar-refractivity contribution in [2.75, 3.05) is 13.2 Å². The van der Waals surface area contributed by atoms with Crippen molar-refractivity contribution in [1.29, 1.82) is 0 Å². The maximum Gasteiger partial charge on any atom is 0.124 e. The van der Waals surface area contributed by atoms with Crippen LogP contribution in [0, 0.1) is 6.92 Å². The van der Waals surface area contributed by atoms with Gasteiger partial charge in [-0.05, 0) is 25.5 Å². The fraction of sp³-hybridized carbons (Fsp3) is 0.333. The third-order valence-corrected chi connectivity index (χ3v) is 3.91. The van der Waals surface area contributed by atoms with E-state index in [1.165, 1.54) is 5.56 Å². The summed E-state index contributed by atoms with van der Waals surface area (Å²) in [5.41, 5.74) is 3.18. The fourth-order valence-electron chi connectivity index (χ4n) is 2.75. The van der Waals surface area contributed by atoms with Gasteiger partial charge in [-0.15, -0.1) is 0 Å². The summed E-state index contributed by atoms with van der Waals surface area (Å²) in [6.45, 7) is 3.35. The molecule has 1 atom stereocenters. The van der Waals surface area contributed by atoms with E-state index in [-0.39, 0.29) is 6.61 Å². The molecule has 1 aliphatic heterocycles. The summed E-state index contributed by atoms with van der Waals surface area (Å²) >= 11 is 0. The first-order chi connectivity index (χ1) is 10.3. The van der Waals surface area contributed by atoms with Gasteiger partial charge in [0.1, 0.15) is 11.5 Å². The molecular formula is C18H20O3. The van der Waals surface area contributed by atoms with Gasteiger partial charge in [0.15, 0.2) is 0 Å². The molecule has 3 heteroatoms. The number of hydrogen-bond donors (Lipinski definition) is 1. The van der Waals surface area contributed by atoms with Crippen molar-refractivity contribution in [3.8, 4) is 11.5 Å². The highest BCUT2D eigenvalue weighted by molar-refractivity contribution is 5.39. The first kappa shape index (κ1) is 14.0. The molecule has 1 N–H and O–H groups in total. The first-order valence-corrected chi connectivity index (χ1v) is 7.33. The smallest absolute Gasteiger partial charge is 0.124 e. The molecule has 0 aromatic heterocycles. The summed E-state index contributed by atoms with van der Waals surface area (Å²) in [4.78, 5) is 0. The Kier molecular flexibility index (Phi) is 4.11. The number of fused-ring (bicyclic) bond motifs is 1. The molecule has 2 aromatic carbocycles. The van der Waals surface area contributed by atoms with Crippen LogP contribution in [0.4, 0.5) is 0 Å². The molecule has 0 aliphatic carbocycles. The van der Waals surface area contributed by atoms with E-state index in [1.807, 2.05) is 43.3 Å². The van der Waals surface area contributed by atoms with Crippen molar-refractivity contribution in [3.05, 3.63) is 59.2 Å². The quantitative estimate of drug-likeness (QED) is 0.934. The normalized spacial score (nSPS) is 17.0. The molecule has 0 fully saturated rings. The van der Waals surface area contributed by atoms with Gasteiger partial charge in [-0.2, -0.15) is 0 Å². The first-order valence-electron chi connectivity index (χ1n) is 7.33. The zero-order valence-electron chi connectivity index (χ0n) is 12.2. The summed E-state index contributed by atoms with van der Waals surface area (Å²) in [5.74, 6) is 2.07. The molecule has 0 bridgehead atoms. The molecule has 0 radical (unpaired) electrons. The van der Waals surface area contributed by atoms with E-state index in [0.717, 1.165) is 35.7 Å². The molecule has 0 saturated carbocycles. The van der Waals surface area contributed by atoms with E-state index >= 15 is 0 Å². The van der Waals surface area contributed by atoms with Gasteiger partial charge in [-0.1, -0.05) is 35.9 Å². The van der Waals surface area contributed by atoms with Crippen LogP contribution in [0.2, 0.25) is 0 Å². The highest BCUT2D eigenvalue weighted by atomic mass is 16.5. The molecular weight excluding hydrogens is 264 g/mol. The number of hydrogen-bond acceptors (Lipinski definition) is 3. The van der Waals surface area contributed by atoms with Gasteiger partial charge >= 0.3 is 0 Å². The van der Waals surface area contributed by atoms with Gasteiger partial charge in [0.05, 0.1) is 19.8 Å². The van der Waals surface area contributed by atoms with Crippen LogP contribution in [0.15, 0.2) is 42.5 Å². The Balaban J connectivity index is 1.74. The lowest BCUT2D eigenvalue weighted by Gasteiger charge is -2.26. The monoisotopic (exact) mass is 284 g/mol. The SMILES string of the molecule is Cc1ccc(OCC2CCOc3ccccc32)c(CO)c1. The van der Waals surface area contributed by atoms with Gasteiger partial charge in [0, 0.05) is 17.0 Å². The second kappa shape index (κ2) is 6.19. The minimum Gasteiger partial charge on any atom is -0.493 e. The molecule has 1 unspecified atom stereocenters. The molecule has 3 nitrogen and oxygen atoms in total. The topological polar surface area (TPSA) is 38.7 Å². The van der Waals surface area contributed by atoms with Crippen molar-refractivity contribution < 1.29 is 14.6 Å². The lowest BCUT2D eigenvalue weighted by Crippen LogP contribution is -2.19. The highest BCUT2D eigenvalue weighted by Gasteiger charge is 2.21. The Hall–Kier alpha value is -2.00. The molecule has 1 heterocycles. The Bertz CT molecular complexity index is 622. The third kappa shape index (κ3) is 3.03. The second-order valence-corrected chi connectivity index (χ2v) is 5.45. The zero-order valence-corrected chi connectivity index (χ0v) is 12.2. The number of rotatable bonds is 4. The van der Waals surface area contributed by atoms with Crippen LogP contribution in [0.1, 0.15) is 29.0 Å². The van der Waals surface area contributed by atoms with Crippen LogP contribution in [0.25, 0.3) is 0 Å². The van der Waals surface area contributed by atoms with Gasteiger partial charge in [0.25, 0.3) is 0 Å². The number of aryl methyl sites for hydroxylation is 1. The minimum atomic E-state index is 0.00137. The van der Waals surface area contributed by atoms with E-state index in [2.05, 4.69) is 6.07 Å². The highest BCUT2D eigenvalue weighted by Crippen LogP contribution is 2.34. The van der Waals surface area contributed by atoms with Crippen LogP contribution < -0.4 is 9.47 Å². The molecule has 21 heavy (non-hydrogen) atoms.